The maximum atomic E-state index is 12.1. The lowest BCUT2D eigenvalue weighted by molar-refractivity contribution is -0.132. The summed E-state index contributed by atoms with van der Waals surface area (Å²) in [6, 6.07) is 10.2. The molecule has 0 radical (unpaired) electrons. The fraction of sp³-hybridized carbons (Fsp3) is 0.158. The van der Waals surface area contributed by atoms with Gasteiger partial charge in [0.05, 0.1) is 17.2 Å². The molecule has 0 bridgehead atoms. The van der Waals surface area contributed by atoms with Crippen LogP contribution in [0.25, 0.3) is 6.08 Å². The molecular weight excluding hydrogens is 363 g/mol. The van der Waals surface area contributed by atoms with Crippen LogP contribution in [0.5, 0.6) is 11.5 Å². The van der Waals surface area contributed by atoms with Gasteiger partial charge in [0, 0.05) is 13.3 Å². The highest BCUT2D eigenvalue weighted by atomic mass is 35.5. The number of allylic oxidation sites excluding steroid dienone is 1. The van der Waals surface area contributed by atoms with E-state index in [0.717, 1.165) is 0 Å². The van der Waals surface area contributed by atoms with E-state index in [2.05, 4.69) is 0 Å². The molecule has 0 atom stereocenters. The summed E-state index contributed by atoms with van der Waals surface area (Å²) in [5, 5.41) is 0.796. The first-order valence-electron chi connectivity index (χ1n) is 7.41. The average molecular weight is 379 g/mol. The zero-order valence-corrected chi connectivity index (χ0v) is 15.2. The highest BCUT2D eigenvalue weighted by molar-refractivity contribution is 6.42. The van der Waals surface area contributed by atoms with Gasteiger partial charge < -0.3 is 9.47 Å². The van der Waals surface area contributed by atoms with E-state index in [1.165, 1.54) is 20.1 Å². The molecule has 6 heteroatoms. The molecule has 0 heterocycles. The minimum atomic E-state index is -0.453. The van der Waals surface area contributed by atoms with Crippen LogP contribution in [0.1, 0.15) is 18.1 Å². The van der Waals surface area contributed by atoms with Crippen LogP contribution in [0.4, 0.5) is 0 Å². The van der Waals surface area contributed by atoms with Gasteiger partial charge in [-0.05, 0) is 35.4 Å². The van der Waals surface area contributed by atoms with Crippen LogP contribution < -0.4 is 9.47 Å². The number of ether oxygens (including phenoxy) is 2. The van der Waals surface area contributed by atoms with Crippen LogP contribution >= 0.6 is 23.2 Å². The van der Waals surface area contributed by atoms with E-state index < -0.39 is 5.97 Å². The van der Waals surface area contributed by atoms with Crippen molar-refractivity contribution in [2.24, 2.45) is 0 Å². The standard InChI is InChI=1S/C19H16Cl2O4/c1-12(22)25-18-10-13(7-9-17(18)24-2)6-8-15(23)11-14-4-3-5-16(20)19(14)21/h3-10H,11H2,1-2H3/b8-6+. The van der Waals surface area contributed by atoms with Crippen molar-refractivity contribution in [1.29, 1.82) is 0 Å². The van der Waals surface area contributed by atoms with Gasteiger partial charge in [0.1, 0.15) is 0 Å². The van der Waals surface area contributed by atoms with Crippen LogP contribution in [0.15, 0.2) is 42.5 Å². The first-order chi connectivity index (χ1) is 11.9. The van der Waals surface area contributed by atoms with Gasteiger partial charge >= 0.3 is 5.97 Å². The third-order valence-corrected chi connectivity index (χ3v) is 4.16. The molecule has 0 amide bonds. The molecule has 2 rings (SSSR count). The number of hydrogen-bond acceptors (Lipinski definition) is 4. The summed E-state index contributed by atoms with van der Waals surface area (Å²) >= 11 is 12.0. The van der Waals surface area contributed by atoms with Crippen molar-refractivity contribution in [2.75, 3.05) is 7.11 Å². The van der Waals surface area contributed by atoms with Crippen molar-refractivity contribution in [1.82, 2.24) is 0 Å². The number of benzene rings is 2. The number of carbonyl (C=O) groups excluding carboxylic acids is 2. The van der Waals surface area contributed by atoms with Crippen LogP contribution in [-0.4, -0.2) is 18.9 Å². The van der Waals surface area contributed by atoms with E-state index in [4.69, 9.17) is 32.7 Å². The highest BCUT2D eigenvalue weighted by Crippen LogP contribution is 2.29. The van der Waals surface area contributed by atoms with Crippen LogP contribution in [0, 0.1) is 0 Å². The normalized spacial score (nSPS) is 10.7. The molecule has 4 nitrogen and oxygen atoms in total. The topological polar surface area (TPSA) is 52.6 Å². The Kier molecular flexibility index (Phi) is 6.62. The molecule has 0 saturated carbocycles. The summed E-state index contributed by atoms with van der Waals surface area (Å²) in [7, 11) is 1.48. The number of ketones is 1. The molecule has 0 aliphatic heterocycles. The first kappa shape index (κ1) is 19.0. The lowest BCUT2D eigenvalue weighted by Gasteiger charge is -2.08. The lowest BCUT2D eigenvalue weighted by atomic mass is 10.1. The van der Waals surface area contributed by atoms with Crippen molar-refractivity contribution in [3.05, 3.63) is 63.6 Å². The van der Waals surface area contributed by atoms with Gasteiger partial charge in [-0.2, -0.15) is 0 Å². The largest absolute Gasteiger partial charge is 0.493 e. The first-order valence-corrected chi connectivity index (χ1v) is 8.16. The van der Waals surface area contributed by atoms with E-state index in [0.29, 0.717) is 32.7 Å². The molecule has 0 unspecified atom stereocenters. The Hall–Kier alpha value is -2.30. The summed E-state index contributed by atoms with van der Waals surface area (Å²) in [5.41, 5.74) is 1.36. The van der Waals surface area contributed by atoms with Gasteiger partial charge in [0.25, 0.3) is 0 Å². The van der Waals surface area contributed by atoms with Gasteiger partial charge in [0.15, 0.2) is 17.3 Å². The van der Waals surface area contributed by atoms with E-state index >= 15 is 0 Å². The third kappa shape index (κ3) is 5.34. The summed E-state index contributed by atoms with van der Waals surface area (Å²) in [4.78, 5) is 23.3. The Balaban J connectivity index is 2.14. The Morgan fingerprint density at radius 3 is 2.56 bits per heavy atom. The monoisotopic (exact) mass is 378 g/mol. The Labute approximate surface area is 156 Å². The second-order valence-corrected chi connectivity index (χ2v) is 5.98. The molecule has 0 fully saturated rings. The molecule has 0 aliphatic carbocycles. The highest BCUT2D eigenvalue weighted by Gasteiger charge is 2.09. The number of halogens is 2. The Bertz CT molecular complexity index is 828. The molecule has 0 aliphatic rings. The van der Waals surface area contributed by atoms with E-state index in [9.17, 15) is 9.59 Å². The molecule has 0 saturated heterocycles. The van der Waals surface area contributed by atoms with Crippen LogP contribution in [0.2, 0.25) is 10.0 Å². The fourth-order valence-corrected chi connectivity index (χ4v) is 2.54. The Morgan fingerprint density at radius 2 is 1.88 bits per heavy atom. The second-order valence-electron chi connectivity index (χ2n) is 5.19. The summed E-state index contributed by atoms with van der Waals surface area (Å²) in [5.74, 6) is 0.145. The van der Waals surface area contributed by atoms with Crippen molar-refractivity contribution < 1.29 is 19.1 Å². The molecular formula is C19H16Cl2O4. The van der Waals surface area contributed by atoms with Gasteiger partial charge in [-0.3, -0.25) is 9.59 Å². The molecule has 130 valence electrons. The van der Waals surface area contributed by atoms with Gasteiger partial charge in [-0.1, -0.05) is 47.5 Å². The predicted molar refractivity (Wildman–Crippen MR) is 98.5 cm³/mol. The van der Waals surface area contributed by atoms with E-state index in [1.54, 1.807) is 42.5 Å². The Morgan fingerprint density at radius 1 is 1.12 bits per heavy atom. The smallest absolute Gasteiger partial charge is 0.308 e. The lowest BCUT2D eigenvalue weighted by Crippen LogP contribution is -2.03. The summed E-state index contributed by atoms with van der Waals surface area (Å²) in [6.45, 7) is 1.31. The maximum Gasteiger partial charge on any atom is 0.308 e. The minimum absolute atomic E-state index is 0.131. The summed E-state index contributed by atoms with van der Waals surface area (Å²) in [6.07, 6.45) is 3.21. The second kappa shape index (κ2) is 8.70. The zero-order valence-electron chi connectivity index (χ0n) is 13.7. The van der Waals surface area contributed by atoms with E-state index in [-0.39, 0.29) is 12.2 Å². The predicted octanol–water partition coefficient (Wildman–Crippen LogP) is 4.75. The van der Waals surface area contributed by atoms with E-state index in [1.807, 2.05) is 0 Å². The van der Waals surface area contributed by atoms with Crippen molar-refractivity contribution in [2.45, 2.75) is 13.3 Å². The third-order valence-electron chi connectivity index (χ3n) is 3.30. The van der Waals surface area contributed by atoms with Crippen molar-refractivity contribution >= 4 is 41.0 Å². The SMILES string of the molecule is COc1ccc(/C=C/C(=O)Cc2cccc(Cl)c2Cl)cc1OC(C)=O. The molecule has 2 aromatic rings. The van der Waals surface area contributed by atoms with Crippen LogP contribution in [-0.2, 0) is 16.0 Å². The average Bonchev–Trinajstić information content (AvgIpc) is 2.57. The number of hydrogen-bond donors (Lipinski definition) is 0. The van der Waals surface area contributed by atoms with Crippen molar-refractivity contribution in [3.63, 3.8) is 0 Å². The fourth-order valence-electron chi connectivity index (χ4n) is 2.15. The molecule has 0 aromatic heterocycles. The quantitative estimate of drug-likeness (QED) is 0.413. The molecule has 2 aromatic carbocycles. The zero-order chi connectivity index (χ0) is 18.4. The molecule has 0 N–H and O–H groups in total. The summed E-state index contributed by atoms with van der Waals surface area (Å²) < 4.78 is 10.2. The minimum Gasteiger partial charge on any atom is -0.493 e. The number of carbonyl (C=O) groups is 2. The van der Waals surface area contributed by atoms with Gasteiger partial charge in [0.2, 0.25) is 0 Å². The number of rotatable bonds is 6. The molecule has 25 heavy (non-hydrogen) atoms. The maximum absolute atomic E-state index is 12.1. The van der Waals surface area contributed by atoms with Gasteiger partial charge in [-0.25, -0.2) is 0 Å². The number of esters is 1. The number of methoxy groups -OCH3 is 1. The van der Waals surface area contributed by atoms with Crippen LogP contribution in [0.3, 0.4) is 0 Å². The van der Waals surface area contributed by atoms with Crippen molar-refractivity contribution in [3.8, 4) is 11.5 Å². The van der Waals surface area contributed by atoms with Gasteiger partial charge in [-0.15, -0.1) is 0 Å². The molecule has 0 spiro atoms.